The zero-order valence-electron chi connectivity index (χ0n) is 5.59. The number of rotatable bonds is 1. The van der Waals surface area contributed by atoms with Gasteiger partial charge in [0.15, 0.2) is 11.7 Å². The zero-order chi connectivity index (χ0) is 6.81. The molecule has 0 fully saturated rings. The van der Waals surface area contributed by atoms with Crippen LogP contribution in [0.1, 0.15) is 0 Å². The topological polar surface area (TPSA) is 48.8 Å². The van der Waals surface area contributed by atoms with Crippen molar-refractivity contribution in [1.29, 1.82) is 0 Å². The summed E-state index contributed by atoms with van der Waals surface area (Å²) in [5.41, 5.74) is 0. The van der Waals surface area contributed by atoms with E-state index >= 15 is 0 Å². The van der Waals surface area contributed by atoms with Gasteiger partial charge >= 0.3 is 0 Å². The standard InChI is InChI=1S/C6H9N4/c1-2-8-5(7-1)6-9-3-4-10-6/h1H,2-4H2,(H,7,8)(H,9,10). The molecule has 2 heterocycles. The van der Waals surface area contributed by atoms with E-state index in [1.165, 1.54) is 0 Å². The van der Waals surface area contributed by atoms with Crippen LogP contribution in [0.5, 0.6) is 0 Å². The second-order valence-corrected chi connectivity index (χ2v) is 2.20. The summed E-state index contributed by atoms with van der Waals surface area (Å²) in [5.74, 6) is 1.80. The minimum atomic E-state index is 0.829. The average Bonchev–Trinajstić information content (AvgIpc) is 2.59. The predicted molar refractivity (Wildman–Crippen MR) is 40.0 cm³/mol. The molecule has 0 aromatic rings. The van der Waals surface area contributed by atoms with E-state index in [0.717, 1.165) is 31.3 Å². The summed E-state index contributed by atoms with van der Waals surface area (Å²) in [4.78, 5) is 8.31. The summed E-state index contributed by atoms with van der Waals surface area (Å²) in [6, 6.07) is 0. The number of nitrogens with one attached hydrogen (secondary N) is 2. The van der Waals surface area contributed by atoms with Crippen molar-refractivity contribution in [3.05, 3.63) is 6.54 Å². The van der Waals surface area contributed by atoms with Crippen LogP contribution >= 0.6 is 0 Å². The van der Waals surface area contributed by atoms with E-state index in [9.17, 15) is 0 Å². The fraction of sp³-hybridized carbons (Fsp3) is 0.500. The Morgan fingerprint density at radius 3 is 2.90 bits per heavy atom. The molecule has 0 atom stereocenters. The van der Waals surface area contributed by atoms with E-state index in [0.29, 0.717) is 0 Å². The van der Waals surface area contributed by atoms with E-state index in [2.05, 4.69) is 20.6 Å². The van der Waals surface area contributed by atoms with Gasteiger partial charge in [-0.2, -0.15) is 0 Å². The van der Waals surface area contributed by atoms with E-state index in [4.69, 9.17) is 0 Å². The van der Waals surface area contributed by atoms with Crippen LogP contribution in [0, 0.1) is 6.54 Å². The molecule has 0 saturated carbocycles. The minimum Gasteiger partial charge on any atom is -0.365 e. The molecule has 10 heavy (non-hydrogen) atoms. The van der Waals surface area contributed by atoms with Crippen molar-refractivity contribution in [2.24, 2.45) is 9.98 Å². The first-order valence-corrected chi connectivity index (χ1v) is 3.39. The maximum absolute atomic E-state index is 4.21. The number of hydrogen-bond donors (Lipinski definition) is 2. The fourth-order valence-corrected chi connectivity index (χ4v) is 1.03. The highest BCUT2D eigenvalue weighted by molar-refractivity contribution is 6.41. The summed E-state index contributed by atoms with van der Waals surface area (Å²) in [6.07, 6.45) is 0. The number of hydrogen-bond acceptors (Lipinski definition) is 4. The molecule has 0 aliphatic carbocycles. The maximum Gasteiger partial charge on any atom is 0.164 e. The molecule has 0 saturated heterocycles. The second-order valence-electron chi connectivity index (χ2n) is 2.20. The molecular formula is C6H9N4. The lowest BCUT2D eigenvalue weighted by atomic mass is 10.5. The molecule has 53 valence electrons. The molecule has 0 amide bonds. The van der Waals surface area contributed by atoms with E-state index in [-0.39, 0.29) is 0 Å². The van der Waals surface area contributed by atoms with Crippen molar-refractivity contribution in [3.8, 4) is 0 Å². The first kappa shape index (κ1) is 5.70. The molecule has 2 aliphatic heterocycles. The van der Waals surface area contributed by atoms with Crippen molar-refractivity contribution < 1.29 is 0 Å². The number of nitrogens with zero attached hydrogens (tertiary/aromatic N) is 2. The third kappa shape index (κ3) is 0.853. The lowest BCUT2D eigenvalue weighted by molar-refractivity contribution is 0.960. The Bertz CT molecular complexity index is 172. The minimum absolute atomic E-state index is 0.829. The Balaban J connectivity index is 2.10. The highest BCUT2D eigenvalue weighted by Gasteiger charge is 2.14. The summed E-state index contributed by atoms with van der Waals surface area (Å²) in [5, 5.41) is 6.23. The van der Waals surface area contributed by atoms with Gasteiger partial charge in [0.05, 0.1) is 13.1 Å². The Kier molecular flexibility index (Phi) is 1.30. The van der Waals surface area contributed by atoms with Gasteiger partial charge in [-0.3, -0.25) is 9.98 Å². The van der Waals surface area contributed by atoms with Crippen LogP contribution in [0.15, 0.2) is 9.98 Å². The van der Waals surface area contributed by atoms with E-state index < -0.39 is 0 Å². The molecule has 0 aromatic carbocycles. The molecule has 0 bridgehead atoms. The Labute approximate surface area is 59.4 Å². The lowest BCUT2D eigenvalue weighted by Crippen LogP contribution is -2.34. The maximum atomic E-state index is 4.21. The van der Waals surface area contributed by atoms with Crippen LogP contribution < -0.4 is 10.6 Å². The molecule has 2 rings (SSSR count). The summed E-state index contributed by atoms with van der Waals surface area (Å²) >= 11 is 0. The van der Waals surface area contributed by atoms with Gasteiger partial charge in [-0.15, -0.1) is 0 Å². The van der Waals surface area contributed by atoms with Crippen molar-refractivity contribution in [2.45, 2.75) is 0 Å². The molecular weight excluding hydrogens is 128 g/mol. The monoisotopic (exact) mass is 137 g/mol. The van der Waals surface area contributed by atoms with Crippen LogP contribution in [-0.2, 0) is 0 Å². The average molecular weight is 137 g/mol. The highest BCUT2D eigenvalue weighted by atomic mass is 15.2. The van der Waals surface area contributed by atoms with Crippen molar-refractivity contribution in [3.63, 3.8) is 0 Å². The summed E-state index contributed by atoms with van der Waals surface area (Å²) in [6.45, 7) is 4.49. The fourth-order valence-electron chi connectivity index (χ4n) is 1.03. The molecule has 0 spiro atoms. The number of aliphatic imine (C=N–C) groups is 2. The molecule has 2 aliphatic rings. The van der Waals surface area contributed by atoms with Gasteiger partial charge in [-0.25, -0.2) is 0 Å². The zero-order valence-corrected chi connectivity index (χ0v) is 5.59. The SMILES string of the molecule is [CH]1CNC(C2=NCCN2)=N1. The second kappa shape index (κ2) is 2.28. The molecule has 4 nitrogen and oxygen atoms in total. The third-order valence-corrected chi connectivity index (χ3v) is 1.48. The van der Waals surface area contributed by atoms with Crippen molar-refractivity contribution >= 4 is 11.7 Å². The number of amidine groups is 2. The van der Waals surface area contributed by atoms with Crippen LogP contribution in [0.25, 0.3) is 0 Å². The van der Waals surface area contributed by atoms with Gasteiger partial charge in [0, 0.05) is 13.1 Å². The Morgan fingerprint density at radius 1 is 1.30 bits per heavy atom. The lowest BCUT2D eigenvalue weighted by Gasteiger charge is -2.00. The van der Waals surface area contributed by atoms with Crippen molar-refractivity contribution in [1.82, 2.24) is 10.6 Å². The van der Waals surface area contributed by atoms with Gasteiger partial charge in [-0.05, 0) is 0 Å². The Hall–Kier alpha value is -1.06. The predicted octanol–water partition coefficient (Wildman–Crippen LogP) is -0.848. The normalized spacial score (nSPS) is 23.2. The third-order valence-electron chi connectivity index (χ3n) is 1.48. The first-order chi connectivity index (χ1) is 4.97. The molecule has 0 aromatic heterocycles. The van der Waals surface area contributed by atoms with Crippen LogP contribution in [0.2, 0.25) is 0 Å². The first-order valence-electron chi connectivity index (χ1n) is 3.39. The largest absolute Gasteiger partial charge is 0.365 e. The molecule has 2 N–H and O–H groups in total. The van der Waals surface area contributed by atoms with Gasteiger partial charge in [0.25, 0.3) is 0 Å². The smallest absolute Gasteiger partial charge is 0.164 e. The van der Waals surface area contributed by atoms with E-state index in [1.54, 1.807) is 0 Å². The van der Waals surface area contributed by atoms with Crippen LogP contribution in [0.4, 0.5) is 0 Å². The van der Waals surface area contributed by atoms with Gasteiger partial charge in [0.2, 0.25) is 0 Å². The highest BCUT2D eigenvalue weighted by Crippen LogP contribution is 1.94. The molecule has 1 radical (unpaired) electrons. The Morgan fingerprint density at radius 2 is 2.30 bits per heavy atom. The quantitative estimate of drug-likeness (QED) is 0.494. The summed E-state index contributed by atoms with van der Waals surface area (Å²) < 4.78 is 0. The van der Waals surface area contributed by atoms with Crippen LogP contribution in [-0.4, -0.2) is 31.3 Å². The van der Waals surface area contributed by atoms with Gasteiger partial charge in [-0.1, -0.05) is 0 Å². The molecule has 0 unspecified atom stereocenters. The van der Waals surface area contributed by atoms with Gasteiger partial charge < -0.3 is 10.6 Å². The van der Waals surface area contributed by atoms with Gasteiger partial charge in [0.1, 0.15) is 0 Å². The van der Waals surface area contributed by atoms with E-state index in [1.807, 2.05) is 6.54 Å². The van der Waals surface area contributed by atoms with Crippen molar-refractivity contribution in [2.75, 3.05) is 19.6 Å². The van der Waals surface area contributed by atoms with Crippen LogP contribution in [0.3, 0.4) is 0 Å². The molecule has 4 heteroatoms. The summed E-state index contributed by atoms with van der Waals surface area (Å²) in [7, 11) is 0.